The van der Waals surface area contributed by atoms with Crippen molar-refractivity contribution in [2.45, 2.75) is 51.1 Å². The molecule has 0 amide bonds. The second-order valence-electron chi connectivity index (χ2n) is 6.23. The first-order chi connectivity index (χ1) is 10.1. The molecule has 1 aromatic rings. The van der Waals surface area contributed by atoms with Crippen LogP contribution in [-0.2, 0) is 11.3 Å². The highest BCUT2D eigenvalue weighted by atomic mass is 35.5. The van der Waals surface area contributed by atoms with Gasteiger partial charge in [-0.1, -0.05) is 35.7 Å². The molecular weight excluding hydrogens is 305 g/mol. The van der Waals surface area contributed by atoms with Crippen molar-refractivity contribution in [3.05, 3.63) is 33.8 Å². The van der Waals surface area contributed by atoms with Gasteiger partial charge in [-0.2, -0.15) is 0 Å². The van der Waals surface area contributed by atoms with Gasteiger partial charge in [-0.05, 0) is 49.9 Å². The molecule has 4 heteroatoms. The summed E-state index contributed by atoms with van der Waals surface area (Å²) in [5.41, 5.74) is 1.11. The fraction of sp³-hybridized carbons (Fsp3) is 0.588. The standard InChI is InChI=1S/C17H21Cl2NO/c18-13-8-7-12(15(19)10-13)11-20-9-3-5-16(20)14-4-1-2-6-17(14)21/h7-8,10,14,16H,1-6,9,11H2. The summed E-state index contributed by atoms with van der Waals surface area (Å²) in [7, 11) is 0. The lowest BCUT2D eigenvalue weighted by molar-refractivity contribution is -0.126. The van der Waals surface area contributed by atoms with Crippen LogP contribution in [-0.4, -0.2) is 23.3 Å². The Morgan fingerprint density at radius 2 is 2.00 bits per heavy atom. The average Bonchev–Trinajstić information content (AvgIpc) is 2.90. The molecule has 3 rings (SSSR count). The Balaban J connectivity index is 1.73. The topological polar surface area (TPSA) is 20.3 Å². The van der Waals surface area contributed by atoms with Gasteiger partial charge in [-0.3, -0.25) is 9.69 Å². The molecule has 1 aliphatic carbocycles. The van der Waals surface area contributed by atoms with E-state index in [1.807, 2.05) is 12.1 Å². The fourth-order valence-electron chi connectivity index (χ4n) is 3.79. The van der Waals surface area contributed by atoms with Crippen LogP contribution in [0.4, 0.5) is 0 Å². The Morgan fingerprint density at radius 3 is 2.76 bits per heavy atom. The van der Waals surface area contributed by atoms with Crippen LogP contribution in [0.1, 0.15) is 44.1 Å². The molecule has 0 radical (unpaired) electrons. The number of halogens is 2. The summed E-state index contributed by atoms with van der Waals surface area (Å²) in [4.78, 5) is 14.7. The van der Waals surface area contributed by atoms with Gasteiger partial charge in [-0.25, -0.2) is 0 Å². The zero-order valence-electron chi connectivity index (χ0n) is 12.2. The van der Waals surface area contributed by atoms with Crippen LogP contribution in [0, 0.1) is 5.92 Å². The van der Waals surface area contributed by atoms with Crippen LogP contribution < -0.4 is 0 Å². The smallest absolute Gasteiger partial charge is 0.137 e. The molecular formula is C17H21Cl2NO. The highest BCUT2D eigenvalue weighted by molar-refractivity contribution is 6.35. The van der Waals surface area contributed by atoms with Gasteiger partial charge < -0.3 is 0 Å². The van der Waals surface area contributed by atoms with Crippen LogP contribution in [0.15, 0.2) is 18.2 Å². The number of benzene rings is 1. The van der Waals surface area contributed by atoms with Gasteiger partial charge in [0.1, 0.15) is 5.78 Å². The lowest BCUT2D eigenvalue weighted by Gasteiger charge is -2.33. The van der Waals surface area contributed by atoms with Gasteiger partial charge in [0.2, 0.25) is 0 Å². The lowest BCUT2D eigenvalue weighted by Crippen LogP contribution is -2.40. The molecule has 114 valence electrons. The van der Waals surface area contributed by atoms with Crippen LogP contribution in [0.2, 0.25) is 10.0 Å². The first kappa shape index (κ1) is 15.3. The third kappa shape index (κ3) is 3.44. The maximum atomic E-state index is 12.2. The van der Waals surface area contributed by atoms with E-state index in [4.69, 9.17) is 23.2 Å². The van der Waals surface area contributed by atoms with Crippen LogP contribution in [0.5, 0.6) is 0 Å². The minimum absolute atomic E-state index is 0.243. The largest absolute Gasteiger partial charge is 0.299 e. The number of carbonyl (C=O) groups excluding carboxylic acids is 1. The third-order valence-corrected chi connectivity index (χ3v) is 5.46. The summed E-state index contributed by atoms with van der Waals surface area (Å²) < 4.78 is 0. The quantitative estimate of drug-likeness (QED) is 0.801. The lowest BCUT2D eigenvalue weighted by atomic mass is 9.82. The van der Waals surface area contributed by atoms with Crippen molar-refractivity contribution in [3.63, 3.8) is 0 Å². The van der Waals surface area contributed by atoms with E-state index in [1.54, 1.807) is 6.07 Å². The van der Waals surface area contributed by atoms with E-state index in [0.29, 0.717) is 16.8 Å². The van der Waals surface area contributed by atoms with Gasteiger partial charge >= 0.3 is 0 Å². The first-order valence-corrected chi connectivity index (χ1v) is 8.61. The van der Waals surface area contributed by atoms with Crippen molar-refractivity contribution in [1.29, 1.82) is 0 Å². The molecule has 1 saturated heterocycles. The predicted octanol–water partition coefficient (Wildman–Crippen LogP) is 4.72. The second-order valence-corrected chi connectivity index (χ2v) is 7.08. The Morgan fingerprint density at radius 1 is 1.14 bits per heavy atom. The summed E-state index contributed by atoms with van der Waals surface area (Å²) in [6.45, 7) is 1.89. The van der Waals surface area contributed by atoms with Crippen LogP contribution >= 0.6 is 23.2 Å². The van der Waals surface area contributed by atoms with E-state index in [0.717, 1.165) is 49.4 Å². The van der Waals surface area contributed by atoms with E-state index < -0.39 is 0 Å². The Bertz CT molecular complexity index is 532. The van der Waals surface area contributed by atoms with E-state index in [2.05, 4.69) is 4.90 Å². The van der Waals surface area contributed by atoms with Gasteiger partial charge in [0.25, 0.3) is 0 Å². The molecule has 0 bridgehead atoms. The van der Waals surface area contributed by atoms with Gasteiger partial charge in [-0.15, -0.1) is 0 Å². The van der Waals surface area contributed by atoms with Crippen molar-refractivity contribution in [3.8, 4) is 0 Å². The second kappa shape index (κ2) is 6.68. The summed E-state index contributed by atoms with van der Waals surface area (Å²) in [6.07, 6.45) is 6.43. The molecule has 2 nitrogen and oxygen atoms in total. The number of hydrogen-bond donors (Lipinski definition) is 0. The van der Waals surface area contributed by atoms with Crippen molar-refractivity contribution in [2.75, 3.05) is 6.54 Å². The van der Waals surface area contributed by atoms with Crippen LogP contribution in [0.3, 0.4) is 0 Å². The van der Waals surface area contributed by atoms with Crippen molar-refractivity contribution in [2.24, 2.45) is 5.92 Å². The van der Waals surface area contributed by atoms with Gasteiger partial charge in [0.15, 0.2) is 0 Å². The van der Waals surface area contributed by atoms with Crippen molar-refractivity contribution in [1.82, 2.24) is 4.90 Å². The molecule has 1 aliphatic heterocycles. The number of carbonyl (C=O) groups is 1. The molecule has 2 atom stereocenters. The minimum atomic E-state index is 0.243. The molecule has 21 heavy (non-hydrogen) atoms. The van der Waals surface area contributed by atoms with E-state index in [9.17, 15) is 4.79 Å². The molecule has 0 aromatic heterocycles. The third-order valence-electron chi connectivity index (χ3n) is 4.87. The molecule has 1 aromatic carbocycles. The van der Waals surface area contributed by atoms with Crippen molar-refractivity contribution < 1.29 is 4.79 Å². The zero-order chi connectivity index (χ0) is 14.8. The summed E-state index contributed by atoms with van der Waals surface area (Å²) in [5, 5.41) is 1.40. The SMILES string of the molecule is O=C1CCCCC1C1CCCN1Cc1ccc(Cl)cc1Cl. The van der Waals surface area contributed by atoms with E-state index in [1.165, 1.54) is 12.8 Å². The van der Waals surface area contributed by atoms with Gasteiger partial charge in [0.05, 0.1) is 0 Å². The Kier molecular flexibility index (Phi) is 4.88. The van der Waals surface area contributed by atoms with Crippen molar-refractivity contribution >= 4 is 29.0 Å². The Labute approximate surface area is 136 Å². The summed E-state index contributed by atoms with van der Waals surface area (Å²) >= 11 is 12.3. The Hall–Kier alpha value is -0.570. The summed E-state index contributed by atoms with van der Waals surface area (Å²) in [5.74, 6) is 0.715. The maximum Gasteiger partial charge on any atom is 0.137 e. The highest BCUT2D eigenvalue weighted by Gasteiger charge is 2.36. The van der Waals surface area contributed by atoms with E-state index in [-0.39, 0.29) is 5.92 Å². The first-order valence-electron chi connectivity index (χ1n) is 7.86. The van der Waals surface area contributed by atoms with Gasteiger partial charge in [0, 0.05) is 35.0 Å². The number of Topliss-reactive ketones (excluding diaryl/α,β-unsaturated/α-hetero) is 1. The monoisotopic (exact) mass is 325 g/mol. The molecule has 0 spiro atoms. The summed E-state index contributed by atoms with van der Waals surface area (Å²) in [6, 6.07) is 6.10. The molecule has 1 saturated carbocycles. The molecule has 2 fully saturated rings. The number of nitrogens with zero attached hydrogens (tertiary/aromatic N) is 1. The molecule has 2 unspecified atom stereocenters. The number of likely N-dealkylation sites (tertiary alicyclic amines) is 1. The number of hydrogen-bond acceptors (Lipinski definition) is 2. The number of rotatable bonds is 3. The predicted molar refractivity (Wildman–Crippen MR) is 86.9 cm³/mol. The minimum Gasteiger partial charge on any atom is -0.299 e. The zero-order valence-corrected chi connectivity index (χ0v) is 13.7. The normalized spacial score (nSPS) is 27.2. The van der Waals surface area contributed by atoms with Crippen LogP contribution in [0.25, 0.3) is 0 Å². The molecule has 1 heterocycles. The highest BCUT2D eigenvalue weighted by Crippen LogP contribution is 2.34. The molecule has 2 aliphatic rings. The fourth-order valence-corrected chi connectivity index (χ4v) is 4.26. The molecule has 0 N–H and O–H groups in total. The van der Waals surface area contributed by atoms with E-state index >= 15 is 0 Å². The average molecular weight is 326 g/mol. The maximum absolute atomic E-state index is 12.2. The number of ketones is 1.